The van der Waals surface area contributed by atoms with Crippen molar-refractivity contribution in [3.63, 3.8) is 0 Å². The molecule has 1 N–H and O–H groups in total. The Morgan fingerprint density at radius 3 is 2.49 bits per heavy atom. The zero-order chi connectivity index (χ0) is 24.4. The summed E-state index contributed by atoms with van der Waals surface area (Å²) in [6.07, 6.45) is 2.05. The van der Waals surface area contributed by atoms with Crippen molar-refractivity contribution in [2.24, 2.45) is 0 Å². The first-order chi connectivity index (χ1) is 16.9. The number of carbonyl (C=O) groups excluding carboxylic acids is 1. The predicted molar refractivity (Wildman–Crippen MR) is 139 cm³/mol. The molecule has 1 aliphatic heterocycles. The van der Waals surface area contributed by atoms with Crippen molar-refractivity contribution < 1.29 is 13.2 Å². The second-order valence-corrected chi connectivity index (χ2v) is 10.8. The minimum absolute atomic E-state index is 0.0477. The summed E-state index contributed by atoms with van der Waals surface area (Å²) >= 11 is 0. The summed E-state index contributed by atoms with van der Waals surface area (Å²) in [4.78, 5) is 19.4. The van der Waals surface area contributed by atoms with Gasteiger partial charge in [-0.15, -0.1) is 0 Å². The third-order valence-electron chi connectivity index (χ3n) is 6.48. The summed E-state index contributed by atoms with van der Waals surface area (Å²) in [6, 6.07) is 21.0. The van der Waals surface area contributed by atoms with Crippen molar-refractivity contribution in [3.05, 3.63) is 78.5 Å². The molecule has 1 aromatic heterocycles. The molecule has 8 heteroatoms. The van der Waals surface area contributed by atoms with Gasteiger partial charge in [0.1, 0.15) is 4.90 Å². The molecule has 2 heterocycles. The third-order valence-corrected chi connectivity index (χ3v) is 8.41. The lowest BCUT2D eigenvalue weighted by molar-refractivity contribution is -0.116. The number of hydrogen-bond acceptors (Lipinski definition) is 5. The van der Waals surface area contributed by atoms with Gasteiger partial charge in [-0.25, -0.2) is 8.42 Å². The topological polar surface area (TPSA) is 82.6 Å². The second kappa shape index (κ2) is 9.73. The Bertz CT molecular complexity index is 1490. The van der Waals surface area contributed by atoms with Gasteiger partial charge in [-0.05, 0) is 36.1 Å². The Kier molecular flexibility index (Phi) is 6.51. The number of piperazine rings is 1. The molecule has 0 bridgehead atoms. The molecule has 0 atom stereocenters. The van der Waals surface area contributed by atoms with Crippen LogP contribution in [0.25, 0.3) is 21.7 Å². The van der Waals surface area contributed by atoms with Gasteiger partial charge in [0.15, 0.2) is 0 Å². The molecular formula is C27H28N4O3S. The van der Waals surface area contributed by atoms with Gasteiger partial charge in [0.05, 0.1) is 5.52 Å². The van der Waals surface area contributed by atoms with Gasteiger partial charge in [-0.3, -0.25) is 9.78 Å². The normalized spacial score (nSPS) is 15.5. The molecule has 0 unspecified atom stereocenters. The smallest absolute Gasteiger partial charge is 0.245 e. The van der Waals surface area contributed by atoms with Crippen molar-refractivity contribution in [3.8, 4) is 0 Å². The summed E-state index contributed by atoms with van der Waals surface area (Å²) in [5.41, 5.74) is 2.30. The zero-order valence-electron chi connectivity index (χ0n) is 19.6. The van der Waals surface area contributed by atoms with Crippen LogP contribution in [0.2, 0.25) is 0 Å². The van der Waals surface area contributed by atoms with Crippen molar-refractivity contribution in [2.45, 2.75) is 18.2 Å². The van der Waals surface area contributed by atoms with E-state index in [0.717, 1.165) is 27.4 Å². The Labute approximate surface area is 205 Å². The standard InChI is InChI=1S/C27H28N4O3S/c1-20-18-22-8-5-11-25(27(22)28-19-20)35(33,34)31-16-14-30(15-17-31)13-12-26(32)29-24-10-4-7-21-6-2-3-9-23(21)24/h2-11,18-19H,12-17H2,1H3,(H,29,32). The molecule has 35 heavy (non-hydrogen) atoms. The molecular weight excluding hydrogens is 460 g/mol. The van der Waals surface area contributed by atoms with Gasteiger partial charge < -0.3 is 10.2 Å². The number of aryl methyl sites for hydroxylation is 1. The fourth-order valence-electron chi connectivity index (χ4n) is 4.59. The van der Waals surface area contributed by atoms with E-state index >= 15 is 0 Å². The zero-order valence-corrected chi connectivity index (χ0v) is 20.5. The lowest BCUT2D eigenvalue weighted by Gasteiger charge is -2.34. The van der Waals surface area contributed by atoms with Crippen molar-refractivity contribution in [1.29, 1.82) is 0 Å². The first kappa shape index (κ1) is 23.4. The van der Waals surface area contributed by atoms with E-state index < -0.39 is 10.0 Å². The molecule has 5 rings (SSSR count). The number of carbonyl (C=O) groups is 1. The molecule has 0 saturated carbocycles. The summed E-state index contributed by atoms with van der Waals surface area (Å²) < 4.78 is 28.3. The van der Waals surface area contributed by atoms with Gasteiger partial charge in [0.2, 0.25) is 15.9 Å². The number of nitrogens with one attached hydrogen (secondary N) is 1. The van der Waals surface area contributed by atoms with Crippen LogP contribution in [0, 0.1) is 6.92 Å². The number of benzene rings is 3. The van der Waals surface area contributed by atoms with E-state index in [9.17, 15) is 13.2 Å². The first-order valence-corrected chi connectivity index (χ1v) is 13.2. The van der Waals surface area contributed by atoms with Crippen molar-refractivity contribution in [2.75, 3.05) is 38.0 Å². The van der Waals surface area contributed by atoms with Gasteiger partial charge in [0.25, 0.3) is 0 Å². The number of sulfonamides is 1. The van der Waals surface area contributed by atoms with E-state index in [4.69, 9.17) is 0 Å². The van der Waals surface area contributed by atoms with E-state index in [-0.39, 0.29) is 10.8 Å². The quantitative estimate of drug-likeness (QED) is 0.443. The summed E-state index contributed by atoms with van der Waals surface area (Å²) in [7, 11) is -3.65. The van der Waals surface area contributed by atoms with Crippen LogP contribution in [-0.2, 0) is 14.8 Å². The Hall–Kier alpha value is -3.33. The first-order valence-electron chi connectivity index (χ1n) is 11.8. The lowest BCUT2D eigenvalue weighted by atomic mass is 10.1. The van der Waals surface area contributed by atoms with Crippen molar-refractivity contribution in [1.82, 2.24) is 14.2 Å². The van der Waals surface area contributed by atoms with Gasteiger partial charge in [-0.2, -0.15) is 4.31 Å². The van der Waals surface area contributed by atoms with E-state index in [1.54, 1.807) is 18.3 Å². The molecule has 1 saturated heterocycles. The average molecular weight is 489 g/mol. The fraction of sp³-hybridized carbons (Fsp3) is 0.259. The fourth-order valence-corrected chi connectivity index (χ4v) is 6.18. The number of para-hydroxylation sites is 1. The Balaban J connectivity index is 1.19. The summed E-state index contributed by atoms with van der Waals surface area (Å²) in [5.74, 6) is -0.0477. The van der Waals surface area contributed by atoms with Crippen LogP contribution in [0.4, 0.5) is 5.69 Å². The molecule has 1 fully saturated rings. The molecule has 0 aliphatic carbocycles. The number of pyridine rings is 1. The van der Waals surface area contributed by atoms with E-state index in [1.807, 2.05) is 61.5 Å². The number of rotatable bonds is 6. The number of fused-ring (bicyclic) bond motifs is 2. The average Bonchev–Trinajstić information content (AvgIpc) is 2.87. The van der Waals surface area contributed by atoms with Crippen LogP contribution in [0.15, 0.2) is 77.8 Å². The molecule has 1 aliphatic rings. The highest BCUT2D eigenvalue weighted by Crippen LogP contribution is 2.26. The van der Waals surface area contributed by atoms with Crippen LogP contribution in [-0.4, -0.2) is 61.2 Å². The largest absolute Gasteiger partial charge is 0.325 e. The number of nitrogens with zero attached hydrogens (tertiary/aromatic N) is 3. The minimum Gasteiger partial charge on any atom is -0.325 e. The maximum absolute atomic E-state index is 13.4. The van der Waals surface area contributed by atoms with Crippen LogP contribution < -0.4 is 5.32 Å². The number of aromatic nitrogens is 1. The maximum Gasteiger partial charge on any atom is 0.245 e. The third kappa shape index (κ3) is 4.91. The van der Waals surface area contributed by atoms with Crippen LogP contribution >= 0.6 is 0 Å². The second-order valence-electron chi connectivity index (χ2n) is 8.91. The summed E-state index contributed by atoms with van der Waals surface area (Å²) in [6.45, 7) is 4.45. The minimum atomic E-state index is -3.65. The van der Waals surface area contributed by atoms with Crippen LogP contribution in [0.1, 0.15) is 12.0 Å². The maximum atomic E-state index is 13.4. The predicted octanol–water partition coefficient (Wildman–Crippen LogP) is 4.03. The van der Waals surface area contributed by atoms with E-state index in [2.05, 4.69) is 15.2 Å². The summed E-state index contributed by atoms with van der Waals surface area (Å²) in [5, 5.41) is 5.94. The number of hydrogen-bond donors (Lipinski definition) is 1. The lowest BCUT2D eigenvalue weighted by Crippen LogP contribution is -2.49. The highest BCUT2D eigenvalue weighted by atomic mass is 32.2. The molecule has 3 aromatic carbocycles. The monoisotopic (exact) mass is 488 g/mol. The highest BCUT2D eigenvalue weighted by Gasteiger charge is 2.30. The molecule has 180 valence electrons. The van der Waals surface area contributed by atoms with Crippen LogP contribution in [0.3, 0.4) is 0 Å². The van der Waals surface area contributed by atoms with Crippen LogP contribution in [0.5, 0.6) is 0 Å². The molecule has 0 spiro atoms. The Morgan fingerprint density at radius 1 is 0.943 bits per heavy atom. The van der Waals surface area contributed by atoms with Gasteiger partial charge in [-0.1, -0.05) is 48.5 Å². The van der Waals surface area contributed by atoms with E-state index in [1.165, 1.54) is 4.31 Å². The molecule has 7 nitrogen and oxygen atoms in total. The van der Waals surface area contributed by atoms with Gasteiger partial charge in [0, 0.05) is 61.8 Å². The number of anilines is 1. The van der Waals surface area contributed by atoms with E-state index in [0.29, 0.717) is 44.7 Å². The number of amides is 1. The van der Waals surface area contributed by atoms with Gasteiger partial charge >= 0.3 is 0 Å². The highest BCUT2D eigenvalue weighted by molar-refractivity contribution is 7.89. The Morgan fingerprint density at radius 2 is 1.66 bits per heavy atom. The SMILES string of the molecule is Cc1cnc2c(S(=O)(=O)N3CCN(CCC(=O)Nc4cccc5ccccc45)CC3)cccc2c1. The molecule has 1 amide bonds. The molecule has 4 aromatic rings. The van der Waals surface area contributed by atoms with Crippen molar-refractivity contribution >= 4 is 43.3 Å². The molecule has 0 radical (unpaired) electrons.